The molecular formula is C21H24IN3O2. The molecule has 1 N–H and O–H groups in total. The van der Waals surface area contributed by atoms with Gasteiger partial charge in [-0.05, 0) is 52.9 Å². The number of halogens is 1. The number of benzene rings is 2. The van der Waals surface area contributed by atoms with Crippen LogP contribution in [0.5, 0.6) is 0 Å². The smallest absolute Gasteiger partial charge is 0.255 e. The minimum absolute atomic E-state index is 0.0248. The van der Waals surface area contributed by atoms with Gasteiger partial charge in [-0.3, -0.25) is 9.59 Å². The lowest BCUT2D eigenvalue weighted by Crippen LogP contribution is -2.50. The Balaban J connectivity index is 1.71. The molecule has 1 saturated heterocycles. The van der Waals surface area contributed by atoms with E-state index in [0.717, 1.165) is 28.0 Å². The van der Waals surface area contributed by atoms with Crippen LogP contribution in [0.15, 0.2) is 48.5 Å². The highest BCUT2D eigenvalue weighted by molar-refractivity contribution is 14.1. The van der Waals surface area contributed by atoms with Crippen molar-refractivity contribution in [2.45, 2.75) is 13.8 Å². The van der Waals surface area contributed by atoms with E-state index in [1.54, 1.807) is 0 Å². The lowest BCUT2D eigenvalue weighted by molar-refractivity contribution is -0.134. The average molecular weight is 477 g/mol. The van der Waals surface area contributed by atoms with Crippen LogP contribution in [0.1, 0.15) is 24.2 Å². The fourth-order valence-corrected chi connectivity index (χ4v) is 3.76. The van der Waals surface area contributed by atoms with E-state index in [-0.39, 0.29) is 17.7 Å². The Bertz CT molecular complexity index is 830. The van der Waals surface area contributed by atoms with E-state index >= 15 is 0 Å². The minimum atomic E-state index is -0.116. The highest BCUT2D eigenvalue weighted by Crippen LogP contribution is 2.27. The first-order valence-electron chi connectivity index (χ1n) is 9.15. The number of carbonyl (C=O) groups is 2. The first-order chi connectivity index (χ1) is 13.0. The lowest BCUT2D eigenvalue weighted by atomic mass is 10.1. The quantitative estimate of drug-likeness (QED) is 0.681. The van der Waals surface area contributed by atoms with Crippen LogP contribution in [0, 0.1) is 9.49 Å². The van der Waals surface area contributed by atoms with Crippen LogP contribution in [0.25, 0.3) is 0 Å². The van der Waals surface area contributed by atoms with Gasteiger partial charge in [0.05, 0.1) is 11.4 Å². The van der Waals surface area contributed by atoms with E-state index in [1.165, 1.54) is 0 Å². The molecule has 1 aliphatic heterocycles. The second-order valence-corrected chi connectivity index (χ2v) is 8.19. The number of amides is 2. The summed E-state index contributed by atoms with van der Waals surface area (Å²) in [6.07, 6.45) is 0. The predicted molar refractivity (Wildman–Crippen MR) is 117 cm³/mol. The summed E-state index contributed by atoms with van der Waals surface area (Å²) in [6.45, 7) is 6.80. The topological polar surface area (TPSA) is 52.7 Å². The number of piperazine rings is 1. The van der Waals surface area contributed by atoms with Gasteiger partial charge in [-0.25, -0.2) is 0 Å². The van der Waals surface area contributed by atoms with Crippen LogP contribution >= 0.6 is 22.6 Å². The third-order valence-electron chi connectivity index (χ3n) is 4.66. The molecule has 142 valence electrons. The van der Waals surface area contributed by atoms with E-state index in [1.807, 2.05) is 67.3 Å². The van der Waals surface area contributed by atoms with Gasteiger partial charge in [0, 0.05) is 41.2 Å². The molecule has 0 radical (unpaired) electrons. The number of hydrogen-bond donors (Lipinski definition) is 1. The summed E-state index contributed by atoms with van der Waals surface area (Å²) >= 11 is 2.20. The molecule has 27 heavy (non-hydrogen) atoms. The number of anilines is 2. The van der Waals surface area contributed by atoms with Crippen LogP contribution < -0.4 is 10.2 Å². The molecule has 0 aromatic heterocycles. The molecule has 0 bridgehead atoms. The zero-order valence-electron chi connectivity index (χ0n) is 15.6. The predicted octanol–water partition coefficient (Wildman–Crippen LogP) is 3.85. The molecule has 6 heteroatoms. The molecule has 0 aliphatic carbocycles. The van der Waals surface area contributed by atoms with Gasteiger partial charge in [0.25, 0.3) is 5.91 Å². The SMILES string of the molecule is CC(C)C(=O)N1CCN(c2ccccc2NC(=O)c2cccc(I)c2)CC1. The Hall–Kier alpha value is -2.09. The monoisotopic (exact) mass is 477 g/mol. The summed E-state index contributed by atoms with van der Waals surface area (Å²) in [6, 6.07) is 15.4. The van der Waals surface area contributed by atoms with E-state index in [2.05, 4.69) is 32.8 Å². The van der Waals surface area contributed by atoms with Gasteiger partial charge in [0.15, 0.2) is 0 Å². The van der Waals surface area contributed by atoms with Crippen molar-refractivity contribution < 1.29 is 9.59 Å². The number of carbonyl (C=O) groups excluding carboxylic acids is 2. The summed E-state index contributed by atoms with van der Waals surface area (Å²) in [7, 11) is 0. The van der Waals surface area contributed by atoms with E-state index in [0.29, 0.717) is 18.7 Å². The number of nitrogens with zero attached hydrogens (tertiary/aromatic N) is 2. The molecule has 2 aromatic carbocycles. The average Bonchev–Trinajstić information content (AvgIpc) is 2.68. The number of hydrogen-bond acceptors (Lipinski definition) is 3. The van der Waals surface area contributed by atoms with Crippen molar-refractivity contribution in [1.82, 2.24) is 4.90 Å². The van der Waals surface area contributed by atoms with Gasteiger partial charge in [0.2, 0.25) is 5.91 Å². The molecule has 1 heterocycles. The first kappa shape index (κ1) is 19.7. The summed E-state index contributed by atoms with van der Waals surface area (Å²) in [5.41, 5.74) is 2.43. The van der Waals surface area contributed by atoms with Gasteiger partial charge in [-0.15, -0.1) is 0 Å². The fraction of sp³-hybridized carbons (Fsp3) is 0.333. The zero-order chi connectivity index (χ0) is 19.4. The number of rotatable bonds is 4. The van der Waals surface area contributed by atoms with Crippen LogP contribution in [0.3, 0.4) is 0 Å². The van der Waals surface area contributed by atoms with Crippen molar-refractivity contribution in [3.8, 4) is 0 Å². The maximum absolute atomic E-state index is 12.6. The Labute approximate surface area is 173 Å². The van der Waals surface area contributed by atoms with E-state index in [9.17, 15) is 9.59 Å². The Morgan fingerprint density at radius 2 is 1.70 bits per heavy atom. The molecular weight excluding hydrogens is 453 g/mol. The second-order valence-electron chi connectivity index (χ2n) is 6.95. The van der Waals surface area contributed by atoms with Gasteiger partial charge < -0.3 is 15.1 Å². The van der Waals surface area contributed by atoms with Crippen LogP contribution in [0.2, 0.25) is 0 Å². The fourth-order valence-electron chi connectivity index (χ4n) is 3.21. The summed E-state index contributed by atoms with van der Waals surface area (Å²) < 4.78 is 1.03. The van der Waals surface area contributed by atoms with E-state index < -0.39 is 0 Å². The van der Waals surface area contributed by atoms with Crippen LogP contribution in [-0.2, 0) is 4.79 Å². The zero-order valence-corrected chi connectivity index (χ0v) is 17.8. The van der Waals surface area contributed by atoms with Crippen molar-refractivity contribution in [2.24, 2.45) is 5.92 Å². The van der Waals surface area contributed by atoms with Crippen molar-refractivity contribution in [3.63, 3.8) is 0 Å². The van der Waals surface area contributed by atoms with Crippen molar-refractivity contribution in [3.05, 3.63) is 57.7 Å². The third kappa shape index (κ3) is 4.80. The molecule has 5 nitrogen and oxygen atoms in total. The van der Waals surface area contributed by atoms with Crippen molar-refractivity contribution in [1.29, 1.82) is 0 Å². The molecule has 3 rings (SSSR count). The van der Waals surface area contributed by atoms with Crippen molar-refractivity contribution in [2.75, 3.05) is 36.4 Å². The first-order valence-corrected chi connectivity index (χ1v) is 10.2. The molecule has 1 aliphatic rings. The van der Waals surface area contributed by atoms with Gasteiger partial charge >= 0.3 is 0 Å². The largest absolute Gasteiger partial charge is 0.366 e. The Morgan fingerprint density at radius 1 is 1.00 bits per heavy atom. The van der Waals surface area contributed by atoms with Crippen LogP contribution in [0.4, 0.5) is 11.4 Å². The maximum Gasteiger partial charge on any atom is 0.255 e. The molecule has 0 saturated carbocycles. The standard InChI is InChI=1S/C21H24IN3O2/c1-15(2)21(27)25-12-10-24(11-13-25)19-9-4-3-8-18(19)23-20(26)16-6-5-7-17(22)14-16/h3-9,14-15H,10-13H2,1-2H3,(H,23,26). The third-order valence-corrected chi connectivity index (χ3v) is 5.34. The van der Waals surface area contributed by atoms with Gasteiger partial charge in [-0.1, -0.05) is 32.0 Å². The number of nitrogens with one attached hydrogen (secondary N) is 1. The van der Waals surface area contributed by atoms with E-state index in [4.69, 9.17) is 0 Å². The van der Waals surface area contributed by atoms with Crippen LogP contribution in [-0.4, -0.2) is 42.9 Å². The Kier molecular flexibility index (Phi) is 6.36. The van der Waals surface area contributed by atoms with Gasteiger partial charge in [0.1, 0.15) is 0 Å². The summed E-state index contributed by atoms with van der Waals surface area (Å²) in [5.74, 6) is 0.112. The number of para-hydroxylation sites is 2. The summed E-state index contributed by atoms with van der Waals surface area (Å²) in [4.78, 5) is 29.0. The molecule has 2 aromatic rings. The molecule has 1 fully saturated rings. The van der Waals surface area contributed by atoms with Gasteiger partial charge in [-0.2, -0.15) is 0 Å². The van der Waals surface area contributed by atoms with Crippen molar-refractivity contribution >= 4 is 45.8 Å². The summed E-state index contributed by atoms with van der Waals surface area (Å²) in [5, 5.41) is 3.04. The minimum Gasteiger partial charge on any atom is -0.366 e. The lowest BCUT2D eigenvalue weighted by Gasteiger charge is -2.37. The second kappa shape index (κ2) is 8.73. The molecule has 0 spiro atoms. The highest BCUT2D eigenvalue weighted by atomic mass is 127. The molecule has 0 unspecified atom stereocenters. The normalized spacial score (nSPS) is 14.4. The maximum atomic E-state index is 12.6. The highest BCUT2D eigenvalue weighted by Gasteiger charge is 2.24. The molecule has 0 atom stereocenters. The molecule has 2 amide bonds. The Morgan fingerprint density at radius 3 is 2.37 bits per heavy atom.